The molecule has 0 saturated carbocycles. The molecule has 0 fully saturated rings. The minimum Gasteiger partial charge on any atom is -0.466 e. The van der Waals surface area contributed by atoms with E-state index in [9.17, 15) is 93.6 Å². The highest BCUT2D eigenvalue weighted by atomic mass is 32.2. The van der Waals surface area contributed by atoms with Gasteiger partial charge in [-0.2, -0.15) is 42.1 Å². The van der Waals surface area contributed by atoms with Gasteiger partial charge in [0.15, 0.2) is 0 Å². The van der Waals surface area contributed by atoms with E-state index in [0.717, 1.165) is 5.69 Å². The van der Waals surface area contributed by atoms with Gasteiger partial charge in [-0.05, 0) is 137 Å². The Morgan fingerprint density at radius 2 is 1.10 bits per heavy atom. The third-order valence-electron chi connectivity index (χ3n) is 15.7. The molecule has 0 aliphatic carbocycles. The number of allylic oxidation sites excluding steroid dienone is 6. The number of hydrogen-bond acceptors (Lipinski definition) is 19. The summed E-state index contributed by atoms with van der Waals surface area (Å²) in [6, 6.07) is 1.84. The quantitative estimate of drug-likeness (QED) is 0.0677. The van der Waals surface area contributed by atoms with Crippen LogP contribution in [0.3, 0.4) is 0 Å². The van der Waals surface area contributed by atoms with Crippen molar-refractivity contribution >= 4 is 97.5 Å². The van der Waals surface area contributed by atoms with Crippen LogP contribution in [0.1, 0.15) is 148 Å². The predicted molar refractivity (Wildman–Crippen MR) is 346 cm³/mol. The Bertz CT molecular complexity index is 3650. The first-order chi connectivity index (χ1) is 43.2. The van der Waals surface area contributed by atoms with Gasteiger partial charge in [-0.1, -0.05) is 63.8 Å². The van der Waals surface area contributed by atoms with Crippen LogP contribution in [0.2, 0.25) is 0 Å². The van der Waals surface area contributed by atoms with Gasteiger partial charge in [-0.3, -0.25) is 51.5 Å². The molecule has 2 aliphatic rings. The lowest BCUT2D eigenvalue weighted by atomic mass is 9.77. The highest BCUT2D eigenvalue weighted by Crippen LogP contribution is 2.51. The van der Waals surface area contributed by atoms with Crippen molar-refractivity contribution < 1.29 is 98.4 Å². The van der Waals surface area contributed by atoms with Gasteiger partial charge in [0.25, 0.3) is 50.6 Å². The number of fused-ring (bicyclic) bond motifs is 4. The molecule has 2 heterocycles. The number of unbranched alkanes of at least 4 members (excludes halogenated alkanes) is 2. The Morgan fingerprint density at radius 1 is 0.581 bits per heavy atom. The van der Waals surface area contributed by atoms with Crippen LogP contribution in [-0.2, 0) is 94.9 Å². The lowest BCUT2D eigenvalue weighted by Gasteiger charge is -2.31. The fraction of sp³-hybridized carbons (Fsp3) is 0.593. The number of nitrogens with zero attached hydrogens (tertiary/aromatic N) is 2. The molecule has 4 atom stereocenters. The average molecular weight is 1410 g/mol. The predicted octanol–water partition coefficient (Wildman–Crippen LogP) is 4.23. The van der Waals surface area contributed by atoms with Gasteiger partial charge in [-0.15, -0.1) is 0 Å². The van der Waals surface area contributed by atoms with E-state index in [4.69, 9.17) is 4.74 Å². The zero-order chi connectivity index (χ0) is 69.6. The third kappa shape index (κ3) is 27.1. The first kappa shape index (κ1) is 79.1. The molecule has 0 aromatic heterocycles. The lowest BCUT2D eigenvalue weighted by Crippen LogP contribution is -2.60. The summed E-state index contributed by atoms with van der Waals surface area (Å²) in [7, 11) is -22.9. The Morgan fingerprint density at radius 3 is 1.67 bits per heavy atom. The van der Waals surface area contributed by atoms with Crippen molar-refractivity contribution in [3.05, 3.63) is 83.6 Å². The molecule has 0 radical (unpaired) electrons. The molecular weight excluding hydrogens is 1320 g/mol. The number of anilines is 2. The van der Waals surface area contributed by atoms with Crippen LogP contribution in [0, 0.1) is 0 Å². The maximum absolute atomic E-state index is 13.7. The Labute approximate surface area is 545 Å². The van der Waals surface area contributed by atoms with E-state index in [0.29, 0.717) is 99.8 Å². The van der Waals surface area contributed by atoms with Gasteiger partial charge >= 0.3 is 5.97 Å². The van der Waals surface area contributed by atoms with E-state index in [2.05, 4.69) is 16.0 Å². The summed E-state index contributed by atoms with van der Waals surface area (Å²) >= 11 is 0. The summed E-state index contributed by atoms with van der Waals surface area (Å²) in [5.74, 6) is -10.6. The molecule has 0 saturated heterocycles. The van der Waals surface area contributed by atoms with Gasteiger partial charge in [0.1, 0.15) is 35.4 Å². The molecule has 10 N–H and O–H groups in total. The van der Waals surface area contributed by atoms with Gasteiger partial charge < -0.3 is 41.1 Å². The standard InChI is InChI=1S/C59H89N7O22S5/c1-6-88-54(69)26-16-11-22-36-66-50-30-28-43(93(85,86)87)38-45(50)59(4)32-18-9-14-25-53(68)62-47(40-90(76,77)78)56(71)64-48(41-91(79,80)81)57(72)63-46(39-89(73,74)75)55(70)61-34-20-12-19-33-60-52(67)24-15-10-21-35-65(5)49-29-27-42(92(82,83)84)37-44(49)58(2,3)31-17-8-7-13-23-51(59)66/h7-8,13,17,23,27-30,37-38,46-48H,6,9-12,14-16,18-22,24-26,31-36,39-41H2,1-5H3,(H,60,67)(H,61,70)(H,62,68)(H,63,72)(H,64,71)(H,73,74,75)(H,76,77,78)(H,79,80,81)(H,82,83,84)(H,85,86,87)/b13-7+,17-8+,51-23-. The van der Waals surface area contributed by atoms with Crippen LogP contribution in [0.25, 0.3) is 0 Å². The molecule has 34 heteroatoms. The number of amides is 5. The van der Waals surface area contributed by atoms with E-state index >= 15 is 0 Å². The summed E-state index contributed by atoms with van der Waals surface area (Å²) in [5, 5.41) is 11.0. The van der Waals surface area contributed by atoms with E-state index in [1.165, 1.54) is 24.3 Å². The third-order valence-corrected chi connectivity index (χ3v) is 19.7. The van der Waals surface area contributed by atoms with Crippen molar-refractivity contribution in [3.8, 4) is 0 Å². The van der Waals surface area contributed by atoms with E-state index in [1.54, 1.807) is 37.3 Å². The minimum atomic E-state index is -5.23. The summed E-state index contributed by atoms with van der Waals surface area (Å²) in [4.78, 5) is 82.2. The molecule has 4 rings (SSSR count). The number of carbonyl (C=O) groups excluding carboxylic acids is 6. The summed E-state index contributed by atoms with van der Waals surface area (Å²) in [6.45, 7) is 8.72. The normalized spacial score (nSPS) is 23.1. The summed E-state index contributed by atoms with van der Waals surface area (Å²) < 4.78 is 177. The monoisotopic (exact) mass is 1410 g/mol. The second-order valence-electron chi connectivity index (χ2n) is 23.8. The highest BCUT2D eigenvalue weighted by molar-refractivity contribution is 7.86. The molecular formula is C59H89N7O22S5. The topological polar surface area (TPSA) is 450 Å². The second-order valence-corrected chi connectivity index (χ2v) is 31.2. The van der Waals surface area contributed by atoms with Crippen LogP contribution in [0.15, 0.2) is 82.3 Å². The zero-order valence-corrected chi connectivity index (χ0v) is 57.0. The van der Waals surface area contributed by atoms with Gasteiger partial charge in [0.05, 0.1) is 16.4 Å². The Kier molecular flexibility index (Phi) is 30.1. The zero-order valence-electron chi connectivity index (χ0n) is 52.9. The number of benzene rings is 2. The van der Waals surface area contributed by atoms with Crippen molar-refractivity contribution in [3.63, 3.8) is 0 Å². The molecule has 93 heavy (non-hydrogen) atoms. The number of nitrogens with one attached hydrogen (secondary N) is 5. The molecule has 4 unspecified atom stereocenters. The first-order valence-electron chi connectivity index (χ1n) is 30.5. The van der Waals surface area contributed by atoms with Crippen LogP contribution >= 0.6 is 0 Å². The first-order valence-corrected chi connectivity index (χ1v) is 38.2. The SMILES string of the molecule is CCOC(=O)CCCCCN1\C2=C/C=C/C=C/CC(C)(C)c3cc(S(=O)(=O)O)ccc3N(C)CCCCCC(=O)NCCCCCNC(=O)C(CS(=O)(=O)O)NC(=O)C(CS(=O)(=O)O)NC(=O)C(CS(=O)(=O)O)NC(=O)CCCCCC2(C)c2cc(S(=O)(=O)O)ccc21. The van der Waals surface area contributed by atoms with Crippen molar-refractivity contribution in [2.75, 3.05) is 66.9 Å². The molecule has 522 valence electrons. The van der Waals surface area contributed by atoms with Crippen LogP contribution < -0.4 is 36.4 Å². The molecule has 2 aliphatic heterocycles. The lowest BCUT2D eigenvalue weighted by molar-refractivity contribution is -0.143. The number of carbonyl (C=O) groups is 6. The molecule has 0 spiro atoms. The van der Waals surface area contributed by atoms with Crippen LogP contribution in [0.5, 0.6) is 0 Å². The van der Waals surface area contributed by atoms with Gasteiger partial charge in [0, 0.05) is 75.0 Å². The Balaban J connectivity index is 1.74. The second kappa shape index (κ2) is 35.4. The van der Waals surface area contributed by atoms with Crippen molar-refractivity contribution in [2.45, 2.75) is 176 Å². The minimum absolute atomic E-state index is 0.0609. The van der Waals surface area contributed by atoms with Crippen LogP contribution in [0.4, 0.5) is 11.4 Å². The molecule has 5 amide bonds. The smallest absolute Gasteiger partial charge is 0.305 e. The molecule has 2 aromatic carbocycles. The fourth-order valence-corrected chi connectivity index (χ4v) is 13.9. The number of ether oxygens (including phenoxy) is 1. The fourth-order valence-electron chi connectivity index (χ4n) is 10.9. The van der Waals surface area contributed by atoms with E-state index in [1.807, 2.05) is 60.4 Å². The number of rotatable bonds is 15. The number of hydrogen-bond donors (Lipinski definition) is 10. The van der Waals surface area contributed by atoms with Crippen molar-refractivity contribution in [1.82, 2.24) is 26.6 Å². The number of esters is 1. The summed E-state index contributed by atoms with van der Waals surface area (Å²) in [6.07, 6.45) is 15.1. The van der Waals surface area contributed by atoms with Crippen LogP contribution in [-0.4, -0.2) is 176 Å². The largest absolute Gasteiger partial charge is 0.466 e. The molecule has 0 bridgehead atoms. The maximum Gasteiger partial charge on any atom is 0.305 e. The Hall–Kier alpha value is -6.37. The average Bonchev–Trinajstić information content (AvgIpc) is 1.59. The highest BCUT2D eigenvalue weighted by Gasteiger charge is 2.44. The molecule has 2 aromatic rings. The summed E-state index contributed by atoms with van der Waals surface area (Å²) in [5.41, 5.74) is 1.50. The van der Waals surface area contributed by atoms with E-state index < -0.39 is 127 Å². The van der Waals surface area contributed by atoms with Crippen molar-refractivity contribution in [1.29, 1.82) is 0 Å². The maximum atomic E-state index is 13.7. The molecule has 29 nitrogen and oxygen atoms in total. The van der Waals surface area contributed by atoms with Crippen molar-refractivity contribution in [2.24, 2.45) is 0 Å². The van der Waals surface area contributed by atoms with Gasteiger partial charge in [0.2, 0.25) is 29.5 Å². The van der Waals surface area contributed by atoms with Gasteiger partial charge in [-0.25, -0.2) is 0 Å². The van der Waals surface area contributed by atoms with E-state index in [-0.39, 0.29) is 79.9 Å².